The van der Waals surface area contributed by atoms with Crippen LogP contribution in [0.2, 0.25) is 5.02 Å². The Labute approximate surface area is 102 Å². The zero-order chi connectivity index (χ0) is 13.0. The van der Waals surface area contributed by atoms with Gasteiger partial charge in [-0.05, 0) is 18.6 Å². The van der Waals surface area contributed by atoms with Gasteiger partial charge in [0.1, 0.15) is 17.7 Å². The smallest absolute Gasteiger partial charge is 0.255 e. The molecule has 17 heavy (non-hydrogen) atoms. The normalized spacial score (nSPS) is 11.7. The van der Waals surface area contributed by atoms with Gasteiger partial charge in [-0.1, -0.05) is 18.5 Å². The van der Waals surface area contributed by atoms with Crippen LogP contribution < -0.4 is 5.32 Å². The van der Waals surface area contributed by atoms with Crippen molar-refractivity contribution in [2.75, 3.05) is 0 Å². The third-order valence-electron chi connectivity index (χ3n) is 2.12. The van der Waals surface area contributed by atoms with Crippen molar-refractivity contribution in [2.45, 2.75) is 19.4 Å². The van der Waals surface area contributed by atoms with Gasteiger partial charge in [0.25, 0.3) is 5.91 Å². The number of carbonyl (C=O) groups excluding carboxylic acids is 1. The average Bonchev–Trinajstić information content (AvgIpc) is 2.30. The summed E-state index contributed by atoms with van der Waals surface area (Å²) >= 11 is 5.35. The Morgan fingerprint density at radius 2 is 2.18 bits per heavy atom. The van der Waals surface area contributed by atoms with Crippen molar-refractivity contribution in [3.8, 4) is 6.07 Å². The maximum Gasteiger partial charge on any atom is 0.255 e. The van der Waals surface area contributed by atoms with Gasteiger partial charge in [-0.15, -0.1) is 0 Å². The van der Waals surface area contributed by atoms with E-state index in [2.05, 4.69) is 5.32 Å². The van der Waals surface area contributed by atoms with Crippen molar-refractivity contribution >= 4 is 17.5 Å². The van der Waals surface area contributed by atoms with Crippen LogP contribution in [-0.2, 0) is 0 Å². The Morgan fingerprint density at radius 3 is 2.71 bits per heavy atom. The van der Waals surface area contributed by atoms with Crippen LogP contribution in [0.4, 0.5) is 8.78 Å². The minimum absolute atomic E-state index is 0.375. The lowest BCUT2D eigenvalue weighted by Gasteiger charge is -2.10. The third-order valence-corrected chi connectivity index (χ3v) is 2.41. The van der Waals surface area contributed by atoms with E-state index in [0.717, 1.165) is 6.07 Å². The maximum absolute atomic E-state index is 13.3. The number of nitriles is 1. The van der Waals surface area contributed by atoms with E-state index in [1.165, 1.54) is 0 Å². The molecule has 0 radical (unpaired) electrons. The number of benzene rings is 1. The summed E-state index contributed by atoms with van der Waals surface area (Å²) in [5.74, 6) is -2.66. The van der Waals surface area contributed by atoms with Crippen LogP contribution >= 0.6 is 11.6 Å². The van der Waals surface area contributed by atoms with Crippen molar-refractivity contribution in [2.24, 2.45) is 0 Å². The van der Waals surface area contributed by atoms with E-state index in [9.17, 15) is 13.6 Å². The number of amides is 1. The largest absolute Gasteiger partial charge is 0.336 e. The first kappa shape index (κ1) is 13.4. The quantitative estimate of drug-likeness (QED) is 0.848. The second-order valence-corrected chi connectivity index (χ2v) is 3.72. The molecule has 0 fully saturated rings. The molecule has 0 bridgehead atoms. The molecule has 0 spiro atoms. The third kappa shape index (κ3) is 3.14. The zero-order valence-electron chi connectivity index (χ0n) is 8.93. The molecular formula is C11H9ClF2N2O. The molecule has 3 nitrogen and oxygen atoms in total. The van der Waals surface area contributed by atoms with Crippen molar-refractivity contribution < 1.29 is 13.6 Å². The van der Waals surface area contributed by atoms with Crippen molar-refractivity contribution in [3.05, 3.63) is 34.4 Å². The summed E-state index contributed by atoms with van der Waals surface area (Å²) in [6.07, 6.45) is 0.375. The minimum Gasteiger partial charge on any atom is -0.336 e. The Morgan fingerprint density at radius 1 is 1.53 bits per heavy atom. The molecule has 1 N–H and O–H groups in total. The summed E-state index contributed by atoms with van der Waals surface area (Å²) in [5.41, 5.74) is -0.472. The highest BCUT2D eigenvalue weighted by atomic mass is 35.5. The predicted molar refractivity (Wildman–Crippen MR) is 58.5 cm³/mol. The molecular weight excluding hydrogens is 250 g/mol. The molecule has 1 atom stereocenters. The van der Waals surface area contributed by atoms with E-state index < -0.39 is 34.2 Å². The second-order valence-electron chi connectivity index (χ2n) is 3.31. The van der Waals surface area contributed by atoms with Crippen LogP contribution in [0.1, 0.15) is 23.7 Å². The number of halogens is 3. The first-order valence-corrected chi connectivity index (χ1v) is 5.22. The fourth-order valence-corrected chi connectivity index (χ4v) is 1.31. The Bertz CT molecular complexity index is 485. The highest BCUT2D eigenvalue weighted by Crippen LogP contribution is 2.19. The molecule has 0 aliphatic rings. The lowest BCUT2D eigenvalue weighted by atomic mass is 10.1. The van der Waals surface area contributed by atoms with Gasteiger partial charge in [-0.3, -0.25) is 4.79 Å². The van der Waals surface area contributed by atoms with E-state index in [4.69, 9.17) is 16.9 Å². The van der Waals surface area contributed by atoms with E-state index in [0.29, 0.717) is 12.5 Å². The summed E-state index contributed by atoms with van der Waals surface area (Å²) in [4.78, 5) is 11.5. The average molecular weight is 259 g/mol. The first-order valence-electron chi connectivity index (χ1n) is 4.84. The molecule has 0 saturated carbocycles. The molecule has 0 saturated heterocycles. The van der Waals surface area contributed by atoms with Crippen LogP contribution in [0.3, 0.4) is 0 Å². The molecule has 1 unspecified atom stereocenters. The topological polar surface area (TPSA) is 52.9 Å². The molecule has 0 aliphatic carbocycles. The number of nitrogens with one attached hydrogen (secondary N) is 1. The van der Waals surface area contributed by atoms with Gasteiger partial charge in [0.2, 0.25) is 0 Å². The zero-order valence-corrected chi connectivity index (χ0v) is 9.68. The summed E-state index contributed by atoms with van der Waals surface area (Å²) in [6, 6.07) is 2.51. The molecule has 1 rings (SSSR count). The number of hydrogen-bond acceptors (Lipinski definition) is 2. The Hall–Kier alpha value is -1.67. The Balaban J connectivity index is 2.98. The molecule has 0 aromatic heterocycles. The molecule has 6 heteroatoms. The number of rotatable bonds is 3. The number of hydrogen-bond donors (Lipinski definition) is 1. The number of carbonyl (C=O) groups is 1. The van der Waals surface area contributed by atoms with E-state index >= 15 is 0 Å². The molecule has 0 heterocycles. The van der Waals surface area contributed by atoms with Gasteiger partial charge >= 0.3 is 0 Å². The lowest BCUT2D eigenvalue weighted by molar-refractivity contribution is 0.0940. The van der Waals surface area contributed by atoms with Crippen LogP contribution in [-0.4, -0.2) is 11.9 Å². The SMILES string of the molecule is CCC(C#N)NC(=O)c1cc(F)c(Cl)cc1F. The van der Waals surface area contributed by atoms with Gasteiger partial charge in [0.15, 0.2) is 0 Å². The monoisotopic (exact) mass is 258 g/mol. The second kappa shape index (κ2) is 5.60. The Kier molecular flexibility index (Phi) is 4.41. The first-order chi connectivity index (χ1) is 7.99. The maximum atomic E-state index is 13.3. The summed E-state index contributed by atoms with van der Waals surface area (Å²) < 4.78 is 26.4. The van der Waals surface area contributed by atoms with E-state index in [1.807, 2.05) is 6.07 Å². The van der Waals surface area contributed by atoms with Gasteiger partial charge < -0.3 is 5.32 Å². The van der Waals surface area contributed by atoms with E-state index in [1.54, 1.807) is 6.92 Å². The molecule has 0 aliphatic heterocycles. The van der Waals surface area contributed by atoms with Crippen LogP contribution in [0.15, 0.2) is 12.1 Å². The van der Waals surface area contributed by atoms with Crippen LogP contribution in [0, 0.1) is 23.0 Å². The van der Waals surface area contributed by atoms with Crippen LogP contribution in [0.25, 0.3) is 0 Å². The molecule has 1 amide bonds. The summed E-state index contributed by atoms with van der Waals surface area (Å²) in [7, 11) is 0. The highest BCUT2D eigenvalue weighted by Gasteiger charge is 2.17. The van der Waals surface area contributed by atoms with Crippen LogP contribution in [0.5, 0.6) is 0 Å². The molecule has 90 valence electrons. The van der Waals surface area contributed by atoms with Crippen molar-refractivity contribution in [1.82, 2.24) is 5.32 Å². The van der Waals surface area contributed by atoms with Gasteiger partial charge in [0.05, 0.1) is 16.7 Å². The standard InChI is InChI=1S/C11H9ClF2N2O/c1-2-6(5-15)16-11(17)7-3-10(14)8(12)4-9(7)13/h3-4,6H,2H2,1H3,(H,16,17). The lowest BCUT2D eigenvalue weighted by Crippen LogP contribution is -2.33. The van der Waals surface area contributed by atoms with Gasteiger partial charge in [-0.2, -0.15) is 5.26 Å². The van der Waals surface area contributed by atoms with Gasteiger partial charge in [0, 0.05) is 0 Å². The fraction of sp³-hybridized carbons (Fsp3) is 0.273. The molecule has 1 aromatic carbocycles. The van der Waals surface area contributed by atoms with E-state index in [-0.39, 0.29) is 0 Å². The molecule has 1 aromatic rings. The summed E-state index contributed by atoms with van der Waals surface area (Å²) in [6.45, 7) is 1.69. The fourth-order valence-electron chi connectivity index (χ4n) is 1.16. The minimum atomic E-state index is -0.929. The predicted octanol–water partition coefficient (Wildman–Crippen LogP) is 2.65. The summed E-state index contributed by atoms with van der Waals surface area (Å²) in [5, 5.41) is 10.5. The van der Waals surface area contributed by atoms with Gasteiger partial charge in [-0.25, -0.2) is 8.78 Å². The van der Waals surface area contributed by atoms with Crippen molar-refractivity contribution in [1.29, 1.82) is 5.26 Å². The van der Waals surface area contributed by atoms with Crippen molar-refractivity contribution in [3.63, 3.8) is 0 Å². The number of nitrogens with zero attached hydrogens (tertiary/aromatic N) is 1. The highest BCUT2D eigenvalue weighted by molar-refractivity contribution is 6.30.